The zero-order chi connectivity index (χ0) is 28.3. The Labute approximate surface area is 223 Å². The first-order valence-corrected chi connectivity index (χ1v) is 12.3. The Kier molecular flexibility index (Phi) is 7.93. The van der Waals surface area contributed by atoms with Crippen molar-refractivity contribution in [2.45, 2.75) is 39.7 Å². The molecule has 4 rings (SSSR count). The summed E-state index contributed by atoms with van der Waals surface area (Å²) < 4.78 is 44.3. The third kappa shape index (κ3) is 6.05. The average Bonchev–Trinajstić information content (AvgIpc) is 3.15. The van der Waals surface area contributed by atoms with Crippen LogP contribution in [0.15, 0.2) is 42.4 Å². The van der Waals surface area contributed by atoms with Crippen LogP contribution in [0.4, 0.5) is 24.5 Å². The molecule has 0 saturated carbocycles. The minimum absolute atomic E-state index is 0.0732. The molecule has 0 saturated heterocycles. The summed E-state index contributed by atoms with van der Waals surface area (Å²) in [5, 5.41) is 16.5. The molecule has 0 bridgehead atoms. The number of rotatable bonds is 8. The van der Waals surface area contributed by atoms with Crippen LogP contribution in [0.3, 0.4) is 0 Å². The van der Waals surface area contributed by atoms with E-state index in [9.17, 15) is 27.9 Å². The van der Waals surface area contributed by atoms with Gasteiger partial charge in [0.2, 0.25) is 6.41 Å². The van der Waals surface area contributed by atoms with E-state index >= 15 is 0 Å². The molecule has 0 fully saturated rings. The van der Waals surface area contributed by atoms with Crippen LogP contribution in [0.1, 0.15) is 35.1 Å². The first-order valence-electron chi connectivity index (χ1n) is 12.3. The van der Waals surface area contributed by atoms with Gasteiger partial charge in [0.1, 0.15) is 11.5 Å². The maximum Gasteiger partial charge on any atom is 0.282 e. The number of aryl methyl sites for hydroxylation is 1. The number of pyridine rings is 1. The summed E-state index contributed by atoms with van der Waals surface area (Å²) in [5.74, 6) is -4.84. The fraction of sp³-hybridized carbons (Fsp3) is 0.333. The van der Waals surface area contributed by atoms with E-state index in [1.807, 2.05) is 18.4 Å². The quantitative estimate of drug-likeness (QED) is 0.227. The monoisotopic (exact) mass is 542 g/mol. The molecule has 2 aromatic heterocycles. The number of imidazole rings is 1. The van der Waals surface area contributed by atoms with Crippen LogP contribution < -0.4 is 15.5 Å². The number of aromatic nitrogens is 3. The van der Waals surface area contributed by atoms with E-state index in [2.05, 4.69) is 20.6 Å². The first kappa shape index (κ1) is 27.7. The molecule has 39 heavy (non-hydrogen) atoms. The van der Waals surface area contributed by atoms with Crippen molar-refractivity contribution < 1.29 is 27.9 Å². The number of carbonyl (C=O) groups is 2. The summed E-state index contributed by atoms with van der Waals surface area (Å²) in [6, 6.07) is 5.66. The third-order valence-electron chi connectivity index (χ3n) is 6.68. The number of fused-ring (bicyclic) bond motifs is 1. The Balaban J connectivity index is 1.67. The van der Waals surface area contributed by atoms with Gasteiger partial charge in [-0.2, -0.15) is 0 Å². The predicted octanol–water partition coefficient (Wildman–Crippen LogP) is 3.75. The number of nitrogens with one attached hydrogen (secondary N) is 2. The topological polar surface area (TPSA) is 112 Å². The van der Waals surface area contributed by atoms with Crippen LogP contribution in [0, 0.1) is 19.7 Å². The zero-order valence-corrected chi connectivity index (χ0v) is 21.8. The summed E-state index contributed by atoms with van der Waals surface area (Å²) in [6.07, 6.45) is 3.48. The van der Waals surface area contributed by atoms with Crippen molar-refractivity contribution in [3.05, 3.63) is 76.4 Å². The summed E-state index contributed by atoms with van der Waals surface area (Å²) in [6.45, 7) is 4.15. The lowest BCUT2D eigenvalue weighted by atomic mass is 10.0. The highest BCUT2D eigenvalue weighted by molar-refractivity contribution is 6.01. The fourth-order valence-electron chi connectivity index (χ4n) is 4.31. The highest BCUT2D eigenvalue weighted by Crippen LogP contribution is 2.40. The summed E-state index contributed by atoms with van der Waals surface area (Å²) >= 11 is 0. The molecule has 9 nitrogen and oxygen atoms in total. The van der Waals surface area contributed by atoms with Gasteiger partial charge < -0.3 is 25.2 Å². The molecule has 206 valence electrons. The molecule has 0 radical (unpaired) electrons. The number of nitrogens with zero attached hydrogens (tertiary/aromatic N) is 4. The van der Waals surface area contributed by atoms with Gasteiger partial charge in [0.15, 0.2) is 5.76 Å². The van der Waals surface area contributed by atoms with Gasteiger partial charge in [0, 0.05) is 37.0 Å². The Morgan fingerprint density at radius 1 is 1.23 bits per heavy atom. The SMILES string of the molecule is C/C(C(=O)NCCn1cnc(C)c1C)=C(/O)c1ncc(Cc2ccc(F)cc2)c2c1N(C=O)CC(F)(F)CN2. The molecular weight excluding hydrogens is 513 g/mol. The number of halogens is 3. The number of aliphatic hydroxyl groups is 1. The largest absolute Gasteiger partial charge is 0.505 e. The van der Waals surface area contributed by atoms with Gasteiger partial charge in [-0.05, 0) is 38.5 Å². The van der Waals surface area contributed by atoms with Gasteiger partial charge in [-0.3, -0.25) is 14.6 Å². The van der Waals surface area contributed by atoms with Gasteiger partial charge >= 0.3 is 0 Å². The zero-order valence-electron chi connectivity index (χ0n) is 21.8. The molecular formula is C27H29F3N6O3. The number of hydrogen-bond donors (Lipinski definition) is 3. The van der Waals surface area contributed by atoms with Gasteiger partial charge in [0.05, 0.1) is 42.1 Å². The number of benzene rings is 1. The lowest BCUT2D eigenvalue weighted by molar-refractivity contribution is -0.117. The molecule has 1 aromatic carbocycles. The van der Waals surface area contributed by atoms with Crippen molar-refractivity contribution in [3.63, 3.8) is 0 Å². The van der Waals surface area contributed by atoms with E-state index in [4.69, 9.17) is 0 Å². The van der Waals surface area contributed by atoms with E-state index < -0.39 is 36.5 Å². The van der Waals surface area contributed by atoms with Crippen molar-refractivity contribution in [1.82, 2.24) is 19.9 Å². The van der Waals surface area contributed by atoms with E-state index in [-0.39, 0.29) is 42.0 Å². The van der Waals surface area contributed by atoms with Gasteiger partial charge in [-0.15, -0.1) is 0 Å². The summed E-state index contributed by atoms with van der Waals surface area (Å²) in [5.41, 5.74) is 2.77. The van der Waals surface area contributed by atoms with Gasteiger partial charge in [-0.25, -0.2) is 18.2 Å². The first-order chi connectivity index (χ1) is 18.5. The minimum atomic E-state index is -3.28. The fourth-order valence-corrected chi connectivity index (χ4v) is 4.31. The number of carbonyl (C=O) groups excluding carboxylic acids is 2. The molecule has 0 aliphatic carbocycles. The Hall–Kier alpha value is -4.35. The van der Waals surface area contributed by atoms with Gasteiger partial charge in [0.25, 0.3) is 11.8 Å². The molecule has 1 aliphatic rings. The molecule has 12 heteroatoms. The van der Waals surface area contributed by atoms with E-state index in [1.165, 1.54) is 25.3 Å². The number of amides is 2. The maximum atomic E-state index is 14.5. The predicted molar refractivity (Wildman–Crippen MR) is 140 cm³/mol. The lowest BCUT2D eigenvalue weighted by Gasteiger charge is -2.23. The Morgan fingerprint density at radius 3 is 2.59 bits per heavy atom. The lowest BCUT2D eigenvalue weighted by Crippen LogP contribution is -2.38. The molecule has 3 aromatic rings. The van der Waals surface area contributed by atoms with Crippen LogP contribution in [-0.4, -0.2) is 57.5 Å². The highest BCUT2D eigenvalue weighted by Gasteiger charge is 2.38. The van der Waals surface area contributed by atoms with Crippen molar-refractivity contribution in [3.8, 4) is 0 Å². The van der Waals surface area contributed by atoms with Crippen molar-refractivity contribution >= 4 is 29.5 Å². The van der Waals surface area contributed by atoms with Crippen LogP contribution in [-0.2, 0) is 22.6 Å². The molecule has 2 amide bonds. The van der Waals surface area contributed by atoms with Gasteiger partial charge in [-0.1, -0.05) is 12.1 Å². The van der Waals surface area contributed by atoms with Crippen LogP contribution in [0.2, 0.25) is 0 Å². The van der Waals surface area contributed by atoms with Crippen LogP contribution >= 0.6 is 0 Å². The van der Waals surface area contributed by atoms with Crippen LogP contribution in [0.25, 0.3) is 5.76 Å². The normalized spacial score (nSPS) is 15.1. The molecule has 0 atom stereocenters. The standard InChI is InChI=1S/C27H29F3N6O3/c1-16(26(39)31-8-9-35-14-34-17(2)18(35)3)25(38)23-24-22(33-12-27(29,30)13-36(24)15-37)20(11-32-23)10-19-4-6-21(28)7-5-19/h4-7,11,14-15,33,38H,8-10,12-13H2,1-3H3,(H,31,39)/b25-16-. The molecule has 0 spiro atoms. The summed E-state index contributed by atoms with van der Waals surface area (Å²) in [4.78, 5) is 34.1. The summed E-state index contributed by atoms with van der Waals surface area (Å²) in [7, 11) is 0. The second kappa shape index (κ2) is 11.2. The molecule has 3 heterocycles. The molecule has 1 aliphatic heterocycles. The van der Waals surface area contributed by atoms with E-state index in [1.54, 1.807) is 18.5 Å². The van der Waals surface area contributed by atoms with Crippen LogP contribution in [0.5, 0.6) is 0 Å². The number of aliphatic hydroxyl groups excluding tert-OH is 1. The number of hydrogen-bond acceptors (Lipinski definition) is 6. The van der Waals surface area contributed by atoms with Crippen molar-refractivity contribution in [1.29, 1.82) is 0 Å². The Bertz CT molecular complexity index is 1420. The Morgan fingerprint density at radius 2 is 1.95 bits per heavy atom. The number of alkyl halides is 2. The molecule has 3 N–H and O–H groups in total. The van der Waals surface area contributed by atoms with Crippen molar-refractivity contribution in [2.75, 3.05) is 29.9 Å². The van der Waals surface area contributed by atoms with E-state index in [0.717, 1.165) is 16.3 Å². The highest BCUT2D eigenvalue weighted by atomic mass is 19.3. The number of anilines is 2. The minimum Gasteiger partial charge on any atom is -0.505 e. The third-order valence-corrected chi connectivity index (χ3v) is 6.68. The van der Waals surface area contributed by atoms with E-state index in [0.29, 0.717) is 17.7 Å². The second-order valence-electron chi connectivity index (χ2n) is 9.44. The smallest absolute Gasteiger partial charge is 0.282 e. The maximum absolute atomic E-state index is 14.5. The van der Waals surface area contributed by atoms with Crippen molar-refractivity contribution in [2.24, 2.45) is 0 Å². The second-order valence-corrected chi connectivity index (χ2v) is 9.44. The molecule has 0 unspecified atom stereocenters. The average molecular weight is 543 g/mol.